The maximum absolute atomic E-state index is 13.5. The van der Waals surface area contributed by atoms with Crippen LogP contribution in [-0.2, 0) is 7.05 Å². The van der Waals surface area contributed by atoms with Gasteiger partial charge < -0.3 is 9.09 Å². The van der Waals surface area contributed by atoms with Crippen LogP contribution in [0.15, 0.2) is 58.0 Å². The smallest absolute Gasteiger partial charge is 0.263 e. The first kappa shape index (κ1) is 15.5. The molecule has 0 radical (unpaired) electrons. The molecule has 2 heterocycles. The van der Waals surface area contributed by atoms with E-state index in [0.717, 1.165) is 0 Å². The minimum Gasteiger partial charge on any atom is -0.350 e. The number of fused-ring (bicyclic) bond motifs is 1. The van der Waals surface area contributed by atoms with Gasteiger partial charge in [-0.2, -0.15) is 4.98 Å². The fourth-order valence-corrected chi connectivity index (χ4v) is 2.79. The summed E-state index contributed by atoms with van der Waals surface area (Å²) < 4.78 is 20.5. The van der Waals surface area contributed by atoms with Crippen molar-refractivity contribution in [2.45, 2.75) is 0 Å². The Labute approximate surface area is 146 Å². The molecule has 0 bridgehead atoms. The average Bonchev–Trinajstić information content (AvgIpc) is 3.08. The Balaban J connectivity index is 1.87. The molecule has 0 fully saturated rings. The zero-order valence-corrected chi connectivity index (χ0v) is 13.8. The molecule has 0 saturated heterocycles. The molecule has 0 amide bonds. The van der Waals surface area contributed by atoms with Crippen LogP contribution in [0.3, 0.4) is 0 Å². The monoisotopic (exact) mass is 355 g/mol. The first-order chi connectivity index (χ1) is 12.0. The number of nitrogens with zero attached hydrogens (tertiary/aromatic N) is 3. The van der Waals surface area contributed by atoms with Crippen LogP contribution in [0.5, 0.6) is 0 Å². The lowest BCUT2D eigenvalue weighted by Gasteiger charge is -2.06. The molecule has 0 aliphatic rings. The molecule has 0 spiro atoms. The van der Waals surface area contributed by atoms with Gasteiger partial charge in [-0.3, -0.25) is 4.79 Å². The van der Waals surface area contributed by atoms with Gasteiger partial charge >= 0.3 is 0 Å². The molecule has 0 unspecified atom stereocenters. The molecule has 0 N–H and O–H groups in total. The first-order valence-corrected chi connectivity index (χ1v) is 7.79. The quantitative estimate of drug-likeness (QED) is 0.544. The van der Waals surface area contributed by atoms with Crippen molar-refractivity contribution in [3.63, 3.8) is 0 Å². The lowest BCUT2D eigenvalue weighted by molar-refractivity contribution is 0.432. The molecule has 0 aliphatic heterocycles. The standard InChI is InChI=1S/C18H11ClFN3O2/c1-23-9-14(16(24)13-8-12(20)6-7-15(13)23)18-21-17(22-25-18)10-2-4-11(19)5-3-10/h2-9H,1H3. The highest BCUT2D eigenvalue weighted by atomic mass is 35.5. The summed E-state index contributed by atoms with van der Waals surface area (Å²) in [7, 11) is 1.76. The van der Waals surface area contributed by atoms with Crippen LogP contribution in [0.1, 0.15) is 0 Å². The SMILES string of the molecule is Cn1cc(-c2nc(-c3ccc(Cl)cc3)no2)c(=O)c2cc(F)ccc21. The molecule has 0 saturated carbocycles. The van der Waals surface area contributed by atoms with E-state index in [4.69, 9.17) is 16.1 Å². The van der Waals surface area contributed by atoms with E-state index in [2.05, 4.69) is 10.1 Å². The van der Waals surface area contributed by atoms with Crippen LogP contribution in [0.25, 0.3) is 33.7 Å². The third kappa shape index (κ3) is 2.70. The summed E-state index contributed by atoms with van der Waals surface area (Å²) in [5.74, 6) is -0.0566. The van der Waals surface area contributed by atoms with Crippen molar-refractivity contribution in [3.05, 3.63) is 69.7 Å². The number of aromatic nitrogens is 3. The second-order valence-electron chi connectivity index (χ2n) is 5.57. The summed E-state index contributed by atoms with van der Waals surface area (Å²) in [6.07, 6.45) is 1.60. The number of pyridine rings is 1. The van der Waals surface area contributed by atoms with E-state index in [1.54, 1.807) is 48.1 Å². The van der Waals surface area contributed by atoms with Gasteiger partial charge in [0, 0.05) is 29.2 Å². The van der Waals surface area contributed by atoms with Crippen molar-refractivity contribution in [2.75, 3.05) is 0 Å². The maximum atomic E-state index is 13.5. The molecule has 0 atom stereocenters. The average molecular weight is 356 g/mol. The van der Waals surface area contributed by atoms with Crippen molar-refractivity contribution in [1.29, 1.82) is 0 Å². The summed E-state index contributed by atoms with van der Waals surface area (Å²) in [4.78, 5) is 17.0. The van der Waals surface area contributed by atoms with E-state index in [1.807, 2.05) is 0 Å². The van der Waals surface area contributed by atoms with Gasteiger partial charge in [0.05, 0.1) is 5.52 Å². The van der Waals surface area contributed by atoms with Gasteiger partial charge in [0.15, 0.2) is 0 Å². The van der Waals surface area contributed by atoms with Gasteiger partial charge in [-0.15, -0.1) is 0 Å². The first-order valence-electron chi connectivity index (χ1n) is 7.42. The highest BCUT2D eigenvalue weighted by Crippen LogP contribution is 2.23. The number of aryl methyl sites for hydroxylation is 1. The van der Waals surface area contributed by atoms with Gasteiger partial charge in [0.1, 0.15) is 11.4 Å². The minimum atomic E-state index is -0.478. The highest BCUT2D eigenvalue weighted by Gasteiger charge is 2.17. The maximum Gasteiger partial charge on any atom is 0.263 e. The number of halogens is 2. The summed E-state index contributed by atoms with van der Waals surface area (Å²) in [6, 6.07) is 11.0. The lowest BCUT2D eigenvalue weighted by atomic mass is 10.1. The van der Waals surface area contributed by atoms with Gasteiger partial charge in [-0.1, -0.05) is 16.8 Å². The zero-order valence-electron chi connectivity index (χ0n) is 13.0. The lowest BCUT2D eigenvalue weighted by Crippen LogP contribution is -2.10. The third-order valence-corrected chi connectivity index (χ3v) is 4.16. The third-order valence-electron chi connectivity index (χ3n) is 3.91. The highest BCUT2D eigenvalue weighted by molar-refractivity contribution is 6.30. The number of hydrogen-bond acceptors (Lipinski definition) is 4. The van der Waals surface area contributed by atoms with Crippen LogP contribution in [0, 0.1) is 5.82 Å². The Morgan fingerprint density at radius 1 is 1.16 bits per heavy atom. The fraction of sp³-hybridized carbons (Fsp3) is 0.0556. The number of hydrogen-bond donors (Lipinski definition) is 0. The van der Waals surface area contributed by atoms with E-state index in [9.17, 15) is 9.18 Å². The zero-order chi connectivity index (χ0) is 17.6. The fourth-order valence-electron chi connectivity index (χ4n) is 2.67. The van der Waals surface area contributed by atoms with Crippen LogP contribution >= 0.6 is 11.6 Å². The molecule has 2 aromatic carbocycles. The van der Waals surface area contributed by atoms with Crippen molar-refractivity contribution >= 4 is 22.5 Å². The predicted octanol–water partition coefficient (Wildman–Crippen LogP) is 4.05. The van der Waals surface area contributed by atoms with Crippen molar-refractivity contribution in [2.24, 2.45) is 7.05 Å². The van der Waals surface area contributed by atoms with Crippen LogP contribution in [0.2, 0.25) is 5.02 Å². The molecule has 4 rings (SSSR count). The van der Waals surface area contributed by atoms with Crippen molar-refractivity contribution < 1.29 is 8.91 Å². The Kier molecular flexibility index (Phi) is 3.62. The topological polar surface area (TPSA) is 60.9 Å². The van der Waals surface area contributed by atoms with Crippen molar-refractivity contribution in [3.8, 4) is 22.8 Å². The van der Waals surface area contributed by atoms with E-state index >= 15 is 0 Å². The molecule has 7 heteroatoms. The number of benzene rings is 2. The van der Waals surface area contributed by atoms with Crippen LogP contribution < -0.4 is 5.43 Å². The van der Waals surface area contributed by atoms with E-state index in [0.29, 0.717) is 21.9 Å². The Morgan fingerprint density at radius 3 is 2.68 bits per heavy atom. The van der Waals surface area contributed by atoms with Crippen LogP contribution in [-0.4, -0.2) is 14.7 Å². The van der Waals surface area contributed by atoms with E-state index in [1.165, 1.54) is 12.1 Å². The summed E-state index contributed by atoms with van der Waals surface area (Å²) >= 11 is 5.87. The van der Waals surface area contributed by atoms with Gasteiger partial charge in [0.25, 0.3) is 5.89 Å². The minimum absolute atomic E-state index is 0.0803. The molecule has 124 valence electrons. The van der Waals surface area contributed by atoms with Crippen molar-refractivity contribution in [1.82, 2.24) is 14.7 Å². The summed E-state index contributed by atoms with van der Waals surface area (Å²) in [5.41, 5.74) is 1.18. The second kappa shape index (κ2) is 5.82. The molecule has 2 aromatic heterocycles. The summed E-state index contributed by atoms with van der Waals surface area (Å²) in [6.45, 7) is 0. The summed E-state index contributed by atoms with van der Waals surface area (Å²) in [5, 5.41) is 4.76. The largest absolute Gasteiger partial charge is 0.350 e. The van der Waals surface area contributed by atoms with Gasteiger partial charge in [0.2, 0.25) is 11.3 Å². The van der Waals surface area contributed by atoms with Crippen LogP contribution in [0.4, 0.5) is 4.39 Å². The second-order valence-corrected chi connectivity index (χ2v) is 6.01. The molecule has 25 heavy (non-hydrogen) atoms. The Bertz CT molecular complexity index is 1150. The van der Waals surface area contributed by atoms with Gasteiger partial charge in [-0.25, -0.2) is 4.39 Å². The predicted molar refractivity (Wildman–Crippen MR) is 92.9 cm³/mol. The van der Waals surface area contributed by atoms with E-state index < -0.39 is 5.82 Å². The molecular weight excluding hydrogens is 345 g/mol. The number of rotatable bonds is 2. The molecule has 5 nitrogen and oxygen atoms in total. The van der Waals surface area contributed by atoms with E-state index in [-0.39, 0.29) is 22.3 Å². The molecule has 0 aliphatic carbocycles. The Morgan fingerprint density at radius 2 is 1.92 bits per heavy atom. The van der Waals surface area contributed by atoms with Gasteiger partial charge in [-0.05, 0) is 42.5 Å². The Hall–Kier alpha value is -2.99. The molecule has 4 aromatic rings. The normalized spacial score (nSPS) is 11.2. The molecular formula is C18H11ClFN3O2.